The fraction of sp³-hybridized carbons (Fsp3) is 0.292. The van der Waals surface area contributed by atoms with Crippen LogP contribution in [0, 0.1) is 5.82 Å². The van der Waals surface area contributed by atoms with E-state index in [1.807, 2.05) is 19.2 Å². The first-order valence-electron chi connectivity index (χ1n) is 10.2. The molecular formula is C24H23ClFN3O2S. The van der Waals surface area contributed by atoms with E-state index < -0.39 is 17.6 Å². The van der Waals surface area contributed by atoms with Crippen molar-refractivity contribution >= 4 is 58.2 Å². The summed E-state index contributed by atoms with van der Waals surface area (Å²) in [6.07, 6.45) is 2.39. The van der Waals surface area contributed by atoms with Gasteiger partial charge in [0.2, 0.25) is 0 Å². The third-order valence-electron chi connectivity index (χ3n) is 6.25. The number of halogens is 2. The Hall–Kier alpha value is -2.77. The number of anilines is 2. The average molecular weight is 472 g/mol. The summed E-state index contributed by atoms with van der Waals surface area (Å²) in [6, 6.07) is 9.55. The van der Waals surface area contributed by atoms with Crippen molar-refractivity contribution in [3.63, 3.8) is 0 Å². The van der Waals surface area contributed by atoms with Gasteiger partial charge in [-0.05, 0) is 79.9 Å². The second-order valence-corrected chi connectivity index (χ2v) is 9.61. The number of fused-ring (bicyclic) bond motifs is 1. The third-order valence-corrected chi connectivity index (χ3v) is 6.86. The number of rotatable bonds is 2. The molecule has 1 atom stereocenters. The molecule has 2 aromatic carbocycles. The van der Waals surface area contributed by atoms with Gasteiger partial charge in [-0.2, -0.15) is 0 Å². The Morgan fingerprint density at radius 1 is 1.22 bits per heavy atom. The summed E-state index contributed by atoms with van der Waals surface area (Å²) in [6.45, 7) is 6.51. The quantitative estimate of drug-likeness (QED) is 0.379. The molecule has 32 heavy (non-hydrogen) atoms. The first-order chi connectivity index (χ1) is 15.0. The van der Waals surface area contributed by atoms with Crippen LogP contribution in [0.1, 0.15) is 44.2 Å². The second-order valence-electron chi connectivity index (χ2n) is 8.82. The summed E-state index contributed by atoms with van der Waals surface area (Å²) in [7, 11) is 2.03. The van der Waals surface area contributed by atoms with E-state index in [1.54, 1.807) is 6.07 Å². The summed E-state index contributed by atoms with van der Waals surface area (Å²) in [4.78, 5) is 29.0. The van der Waals surface area contributed by atoms with E-state index in [2.05, 4.69) is 31.0 Å². The van der Waals surface area contributed by atoms with Crippen LogP contribution in [0.3, 0.4) is 0 Å². The van der Waals surface area contributed by atoms with E-state index in [0.29, 0.717) is 10.6 Å². The van der Waals surface area contributed by atoms with E-state index in [1.165, 1.54) is 24.3 Å². The lowest BCUT2D eigenvalue weighted by molar-refractivity contribution is -0.122. The standard InChI is InChI=1S/C24H23ClFN3O2S/c1-13-12-24(2,3)28(4)20-11-17(25)14(9-15(13)20)10-16-21(30)27-23(32)29(22(16)31)19-8-6-5-7-18(19)26/h5-11,13H,12H2,1-4H3,(H,27,30,32)/b16-10+/t13-/m0/s1. The maximum absolute atomic E-state index is 14.4. The Labute approximate surface area is 196 Å². The summed E-state index contributed by atoms with van der Waals surface area (Å²) >= 11 is 11.7. The lowest BCUT2D eigenvalue weighted by atomic mass is 9.80. The van der Waals surface area contributed by atoms with Gasteiger partial charge in [-0.3, -0.25) is 14.9 Å². The van der Waals surface area contributed by atoms with Gasteiger partial charge in [0.15, 0.2) is 5.11 Å². The van der Waals surface area contributed by atoms with Crippen molar-refractivity contribution < 1.29 is 14.0 Å². The topological polar surface area (TPSA) is 52.7 Å². The molecule has 0 aromatic heterocycles. The Balaban J connectivity index is 1.79. The molecule has 1 fully saturated rings. The van der Waals surface area contributed by atoms with Gasteiger partial charge < -0.3 is 4.90 Å². The summed E-state index contributed by atoms with van der Waals surface area (Å²) in [5, 5.41) is 2.72. The molecule has 1 N–H and O–H groups in total. The van der Waals surface area contributed by atoms with Crippen LogP contribution in [-0.4, -0.2) is 29.5 Å². The van der Waals surface area contributed by atoms with Gasteiger partial charge in [0, 0.05) is 23.3 Å². The van der Waals surface area contributed by atoms with Gasteiger partial charge in [0.1, 0.15) is 11.4 Å². The molecule has 2 aliphatic rings. The van der Waals surface area contributed by atoms with Crippen molar-refractivity contribution in [2.24, 2.45) is 0 Å². The predicted octanol–water partition coefficient (Wildman–Crippen LogP) is 5.03. The number of carbonyl (C=O) groups is 2. The maximum Gasteiger partial charge on any atom is 0.270 e. The van der Waals surface area contributed by atoms with Crippen LogP contribution in [-0.2, 0) is 9.59 Å². The Kier molecular flexibility index (Phi) is 5.59. The minimum atomic E-state index is -0.705. The van der Waals surface area contributed by atoms with Crippen molar-refractivity contribution in [2.75, 3.05) is 16.8 Å². The van der Waals surface area contributed by atoms with E-state index in [4.69, 9.17) is 23.8 Å². The van der Waals surface area contributed by atoms with Crippen LogP contribution in [0.2, 0.25) is 5.02 Å². The monoisotopic (exact) mass is 471 g/mol. The van der Waals surface area contributed by atoms with Crippen molar-refractivity contribution in [3.05, 3.63) is 63.9 Å². The van der Waals surface area contributed by atoms with E-state index in [0.717, 1.165) is 22.6 Å². The zero-order valence-electron chi connectivity index (χ0n) is 18.2. The molecule has 2 heterocycles. The number of amides is 2. The number of nitrogens with one attached hydrogen (secondary N) is 1. The zero-order chi connectivity index (χ0) is 23.4. The summed E-state index contributed by atoms with van der Waals surface area (Å²) in [5.74, 6) is -1.70. The highest BCUT2D eigenvalue weighted by molar-refractivity contribution is 7.80. The van der Waals surface area contributed by atoms with Crippen LogP contribution in [0.5, 0.6) is 0 Å². The van der Waals surface area contributed by atoms with Gasteiger partial charge in [-0.1, -0.05) is 30.7 Å². The van der Waals surface area contributed by atoms with Gasteiger partial charge in [0.05, 0.1) is 5.69 Å². The molecule has 166 valence electrons. The average Bonchev–Trinajstić information content (AvgIpc) is 2.71. The smallest absolute Gasteiger partial charge is 0.270 e. The fourth-order valence-electron chi connectivity index (χ4n) is 4.38. The molecular weight excluding hydrogens is 449 g/mol. The molecule has 2 aliphatic heterocycles. The highest BCUT2D eigenvalue weighted by Gasteiger charge is 2.37. The van der Waals surface area contributed by atoms with Gasteiger partial charge in [0.25, 0.3) is 11.8 Å². The van der Waals surface area contributed by atoms with Crippen molar-refractivity contribution in [1.82, 2.24) is 5.32 Å². The summed E-state index contributed by atoms with van der Waals surface area (Å²) < 4.78 is 14.4. The largest absolute Gasteiger partial charge is 0.369 e. The second kappa shape index (κ2) is 7.98. The highest BCUT2D eigenvalue weighted by atomic mass is 35.5. The molecule has 0 aliphatic carbocycles. The molecule has 2 aromatic rings. The number of carbonyl (C=O) groups excluding carboxylic acids is 2. The molecule has 0 saturated carbocycles. The molecule has 0 spiro atoms. The fourth-order valence-corrected chi connectivity index (χ4v) is 4.87. The Bertz CT molecular complexity index is 1190. The third kappa shape index (κ3) is 3.69. The molecule has 0 radical (unpaired) electrons. The SMILES string of the molecule is C[C@H]1CC(C)(C)N(C)c2cc(Cl)c(/C=C3\C(=O)NC(=S)N(c4ccccc4F)C3=O)cc21. The van der Waals surface area contributed by atoms with Gasteiger partial charge in [-0.25, -0.2) is 9.29 Å². The molecule has 1 saturated heterocycles. The molecule has 0 unspecified atom stereocenters. The molecule has 0 bridgehead atoms. The number of hydrogen-bond donors (Lipinski definition) is 1. The minimum absolute atomic E-state index is 0.0229. The lowest BCUT2D eigenvalue weighted by Gasteiger charge is -2.45. The van der Waals surface area contributed by atoms with Gasteiger partial charge in [-0.15, -0.1) is 0 Å². The lowest BCUT2D eigenvalue weighted by Crippen LogP contribution is -2.54. The predicted molar refractivity (Wildman–Crippen MR) is 130 cm³/mol. The summed E-state index contributed by atoms with van der Waals surface area (Å²) in [5.41, 5.74) is 2.45. The molecule has 5 nitrogen and oxygen atoms in total. The zero-order valence-corrected chi connectivity index (χ0v) is 19.8. The van der Waals surface area contributed by atoms with Crippen molar-refractivity contribution in [3.8, 4) is 0 Å². The van der Waals surface area contributed by atoms with Crippen LogP contribution in [0.15, 0.2) is 42.0 Å². The molecule has 8 heteroatoms. The van der Waals surface area contributed by atoms with Crippen LogP contribution >= 0.6 is 23.8 Å². The number of nitrogens with zero attached hydrogens (tertiary/aromatic N) is 2. The Morgan fingerprint density at radius 2 is 1.91 bits per heavy atom. The Morgan fingerprint density at radius 3 is 2.59 bits per heavy atom. The van der Waals surface area contributed by atoms with Crippen LogP contribution < -0.4 is 15.1 Å². The van der Waals surface area contributed by atoms with Crippen molar-refractivity contribution in [1.29, 1.82) is 0 Å². The molecule has 4 rings (SSSR count). The number of hydrogen-bond acceptors (Lipinski definition) is 4. The highest BCUT2D eigenvalue weighted by Crippen LogP contribution is 2.44. The van der Waals surface area contributed by atoms with E-state index >= 15 is 0 Å². The van der Waals surface area contributed by atoms with Crippen LogP contribution in [0.4, 0.5) is 15.8 Å². The number of benzene rings is 2. The van der Waals surface area contributed by atoms with E-state index in [9.17, 15) is 14.0 Å². The van der Waals surface area contributed by atoms with Crippen LogP contribution in [0.25, 0.3) is 6.08 Å². The first kappa shape index (κ1) is 22.4. The van der Waals surface area contributed by atoms with Gasteiger partial charge >= 0.3 is 0 Å². The normalized spacial score (nSPS) is 21.6. The minimum Gasteiger partial charge on any atom is -0.369 e. The number of para-hydroxylation sites is 1. The molecule has 2 amide bonds. The van der Waals surface area contributed by atoms with E-state index in [-0.39, 0.29) is 27.8 Å². The number of thiocarbonyl (C=S) groups is 1. The van der Waals surface area contributed by atoms with Crippen molar-refractivity contribution in [2.45, 2.75) is 38.6 Å². The first-order valence-corrected chi connectivity index (χ1v) is 11.0. The maximum atomic E-state index is 14.4.